The quantitative estimate of drug-likeness (QED) is 0.159. The third-order valence-electron chi connectivity index (χ3n) is 17.0. The van der Waals surface area contributed by atoms with Crippen molar-refractivity contribution in [3.63, 3.8) is 0 Å². The van der Waals surface area contributed by atoms with Crippen LogP contribution in [0.25, 0.3) is 60.9 Å². The lowest BCUT2D eigenvalue weighted by atomic mass is 9.81. The number of rotatable bonds is 7. The summed E-state index contributed by atoms with van der Waals surface area (Å²) in [5.41, 5.74) is 20.2. The van der Waals surface area contributed by atoms with E-state index in [4.69, 9.17) is 14.7 Å². The third-order valence-corrected chi connectivity index (χ3v) is 17.0. The first-order valence-electron chi connectivity index (χ1n) is 29.1. The van der Waals surface area contributed by atoms with Gasteiger partial charge in [-0.2, -0.15) is 0 Å². The van der Waals surface area contributed by atoms with Gasteiger partial charge >= 0.3 is 0 Å². The van der Waals surface area contributed by atoms with Crippen LogP contribution in [0.4, 0.5) is 22.7 Å². The van der Waals surface area contributed by atoms with Crippen LogP contribution in [-0.4, -0.2) is 25.8 Å². The van der Waals surface area contributed by atoms with Crippen molar-refractivity contribution in [2.24, 2.45) is 0 Å². The zero-order chi connectivity index (χ0) is 56.4. The second kappa shape index (κ2) is 19.0. The van der Waals surface area contributed by atoms with Gasteiger partial charge in [0.1, 0.15) is 29.8 Å². The van der Waals surface area contributed by atoms with Crippen molar-refractivity contribution in [2.75, 3.05) is 16.5 Å². The maximum Gasteiger partial charge on any atom is 0.137 e. The van der Waals surface area contributed by atoms with Crippen LogP contribution >= 0.6 is 0 Å². The summed E-state index contributed by atoms with van der Waals surface area (Å²) in [6, 6.07) is 55.0. The van der Waals surface area contributed by atoms with Gasteiger partial charge in [0.25, 0.3) is 0 Å². The predicted octanol–water partition coefficient (Wildman–Crippen LogP) is 19.7. The van der Waals surface area contributed by atoms with E-state index in [9.17, 15) is 0 Å². The molecule has 80 heavy (non-hydrogen) atoms. The SMILES string of the molecule is CC(C)(C)c1ccc(-c2cc(C(C)(C)C)cc(-c3ccc(C(C)(C)C)cc3)c2N2CN(c3cccc(Oc4ccc5c6cc(C(C)(C)C)ccc6n(-c6cc(C(C)(C)C)ccn6)c5c4)c3)c3cc4nc5n(c4cc32)CCCC5)cc1. The normalized spacial score (nSPS) is 14.4. The van der Waals surface area contributed by atoms with E-state index >= 15 is 0 Å². The van der Waals surface area contributed by atoms with Gasteiger partial charge in [0.15, 0.2) is 0 Å². The van der Waals surface area contributed by atoms with Crippen LogP contribution in [0.15, 0.2) is 152 Å². The Morgan fingerprint density at radius 2 is 1.04 bits per heavy atom. The minimum atomic E-state index is -0.109. The van der Waals surface area contributed by atoms with Crippen LogP contribution in [-0.2, 0) is 40.0 Å². The summed E-state index contributed by atoms with van der Waals surface area (Å²) >= 11 is 0. The molecule has 7 heteroatoms. The average Bonchev–Trinajstić information content (AvgIpc) is 4.10. The van der Waals surface area contributed by atoms with Gasteiger partial charge in [-0.15, -0.1) is 0 Å². The third kappa shape index (κ3) is 9.64. The van der Waals surface area contributed by atoms with Gasteiger partial charge in [-0.3, -0.25) is 4.57 Å². The van der Waals surface area contributed by atoms with Crippen molar-refractivity contribution in [3.05, 3.63) is 185 Å². The highest BCUT2D eigenvalue weighted by atomic mass is 16.5. The molecular formula is C73H80N6O. The number of benzene rings is 7. The van der Waals surface area contributed by atoms with Gasteiger partial charge in [-0.25, -0.2) is 9.97 Å². The molecule has 0 N–H and O–H groups in total. The molecule has 7 nitrogen and oxygen atoms in total. The summed E-state index contributed by atoms with van der Waals surface area (Å²) in [5.74, 6) is 3.60. The van der Waals surface area contributed by atoms with Crippen LogP contribution in [0.5, 0.6) is 11.5 Å². The van der Waals surface area contributed by atoms with Crippen LogP contribution < -0.4 is 14.5 Å². The lowest BCUT2D eigenvalue weighted by Gasteiger charge is -2.30. The van der Waals surface area contributed by atoms with E-state index in [1.165, 1.54) is 77.9 Å². The molecule has 2 aliphatic heterocycles. The second-order valence-electron chi connectivity index (χ2n) is 28.0. The maximum atomic E-state index is 7.03. The molecule has 2 aliphatic rings. The molecule has 3 aromatic heterocycles. The molecule has 5 heterocycles. The van der Waals surface area contributed by atoms with E-state index in [1.807, 2.05) is 6.20 Å². The van der Waals surface area contributed by atoms with Gasteiger partial charge in [0.2, 0.25) is 0 Å². The van der Waals surface area contributed by atoms with Crippen molar-refractivity contribution in [2.45, 2.75) is 157 Å². The molecule has 7 aromatic carbocycles. The number of nitrogens with zero attached hydrogens (tertiary/aromatic N) is 6. The second-order valence-corrected chi connectivity index (χ2v) is 28.0. The number of imidazole rings is 1. The standard InChI is InChI=1S/C73H80N6O/c1-69(2,3)48-26-22-46(23-27-48)57-38-52(73(13,14)15)39-58(47-24-28-49(29-25-47)70(4,5)6)68(57)78-45-77(64-43-60-63(44-65(64)78)76-36-17-16-21-66(76)75-60)53-19-18-20-54(41-53)80-55-31-32-56-59-37-50(71(7,8)9)30-33-61(59)79(62(56)42-55)67-40-51(34-35-74-67)72(10,11)12/h18-20,22-35,37-44H,16-17,21,36,45H2,1-15H3. The minimum Gasteiger partial charge on any atom is -0.457 e. The fourth-order valence-electron chi connectivity index (χ4n) is 12.1. The molecule has 408 valence electrons. The van der Waals surface area contributed by atoms with Crippen molar-refractivity contribution in [1.82, 2.24) is 19.1 Å². The molecule has 0 saturated heterocycles. The molecule has 10 aromatic rings. The Labute approximate surface area is 475 Å². The monoisotopic (exact) mass is 1060 g/mol. The Morgan fingerprint density at radius 1 is 0.450 bits per heavy atom. The van der Waals surface area contributed by atoms with Gasteiger partial charge in [-0.05, 0) is 152 Å². The molecule has 0 radical (unpaired) electrons. The van der Waals surface area contributed by atoms with Gasteiger partial charge in [-0.1, -0.05) is 165 Å². The van der Waals surface area contributed by atoms with Gasteiger partial charge in [0.05, 0.1) is 39.1 Å². The highest BCUT2D eigenvalue weighted by Gasteiger charge is 2.35. The molecular weight excluding hydrogens is 977 g/mol. The Bertz CT molecular complexity index is 3950. The number of hydrogen-bond donors (Lipinski definition) is 0. The molecule has 0 bridgehead atoms. The van der Waals surface area contributed by atoms with Crippen LogP contribution in [0.3, 0.4) is 0 Å². The first-order chi connectivity index (χ1) is 37.8. The van der Waals surface area contributed by atoms with Gasteiger partial charge in [0, 0.05) is 58.9 Å². The van der Waals surface area contributed by atoms with E-state index in [2.05, 4.69) is 268 Å². The molecule has 0 fully saturated rings. The van der Waals surface area contributed by atoms with E-state index < -0.39 is 0 Å². The van der Waals surface area contributed by atoms with Crippen molar-refractivity contribution < 1.29 is 4.74 Å². The summed E-state index contributed by atoms with van der Waals surface area (Å²) in [6.07, 6.45) is 5.26. The first kappa shape index (κ1) is 53.0. The van der Waals surface area contributed by atoms with Crippen molar-refractivity contribution in [3.8, 4) is 39.6 Å². The average molecular weight is 1060 g/mol. The van der Waals surface area contributed by atoms with Crippen LogP contribution in [0, 0.1) is 0 Å². The minimum absolute atomic E-state index is 0.00372. The Balaban J connectivity index is 1.02. The highest BCUT2D eigenvalue weighted by Crippen LogP contribution is 2.53. The molecule has 0 spiro atoms. The lowest BCUT2D eigenvalue weighted by Crippen LogP contribution is -2.25. The zero-order valence-electron chi connectivity index (χ0n) is 50.1. The number of aromatic nitrogens is 4. The highest BCUT2D eigenvalue weighted by molar-refractivity contribution is 6.10. The fraction of sp³-hybridized carbons (Fsp3) is 0.342. The molecule has 0 unspecified atom stereocenters. The predicted molar refractivity (Wildman–Crippen MR) is 338 cm³/mol. The summed E-state index contributed by atoms with van der Waals surface area (Å²) in [5, 5.41) is 2.37. The van der Waals surface area contributed by atoms with E-state index in [1.54, 1.807) is 0 Å². The summed E-state index contributed by atoms with van der Waals surface area (Å²) in [4.78, 5) is 15.4. The Hall–Kier alpha value is -7.64. The fourth-order valence-corrected chi connectivity index (χ4v) is 12.1. The summed E-state index contributed by atoms with van der Waals surface area (Å²) in [7, 11) is 0. The Kier molecular flexibility index (Phi) is 12.6. The first-order valence-corrected chi connectivity index (χ1v) is 29.1. The van der Waals surface area contributed by atoms with Crippen molar-refractivity contribution >= 4 is 55.6 Å². The molecule has 0 atom stereocenters. The maximum absolute atomic E-state index is 7.03. The number of pyridine rings is 1. The number of ether oxygens (including phenoxy) is 1. The van der Waals surface area contributed by atoms with Crippen LogP contribution in [0.2, 0.25) is 0 Å². The molecule has 0 saturated carbocycles. The van der Waals surface area contributed by atoms with E-state index in [-0.39, 0.29) is 27.1 Å². The summed E-state index contributed by atoms with van der Waals surface area (Å²) < 4.78 is 11.8. The smallest absolute Gasteiger partial charge is 0.137 e. The van der Waals surface area contributed by atoms with Crippen molar-refractivity contribution in [1.29, 1.82) is 0 Å². The Morgan fingerprint density at radius 3 is 1.66 bits per heavy atom. The molecule has 0 aliphatic carbocycles. The molecule has 0 amide bonds. The summed E-state index contributed by atoms with van der Waals surface area (Å²) in [6.45, 7) is 36.0. The van der Waals surface area contributed by atoms with Crippen LogP contribution in [0.1, 0.15) is 150 Å². The number of fused-ring (bicyclic) bond motifs is 7. The largest absolute Gasteiger partial charge is 0.457 e. The lowest BCUT2D eigenvalue weighted by molar-refractivity contribution is 0.483. The van der Waals surface area contributed by atoms with Gasteiger partial charge < -0.3 is 19.1 Å². The topological polar surface area (TPSA) is 51.4 Å². The van der Waals surface area contributed by atoms with E-state index in [0.717, 1.165) is 76.7 Å². The van der Waals surface area contributed by atoms with E-state index in [0.29, 0.717) is 6.67 Å². The zero-order valence-corrected chi connectivity index (χ0v) is 50.1. The number of anilines is 4. The number of hydrogen-bond acceptors (Lipinski definition) is 5. The molecule has 12 rings (SSSR count). The number of aryl methyl sites for hydroxylation is 2.